The van der Waals surface area contributed by atoms with E-state index in [0.717, 1.165) is 5.71 Å². The van der Waals surface area contributed by atoms with Crippen LogP contribution in [0.15, 0.2) is 17.2 Å². The molecule has 1 N–H and O–H groups in total. The van der Waals surface area contributed by atoms with Gasteiger partial charge in [-0.25, -0.2) is 9.78 Å². The van der Waals surface area contributed by atoms with Crippen LogP contribution in [0.1, 0.15) is 33.6 Å². The van der Waals surface area contributed by atoms with Crippen molar-refractivity contribution < 1.29 is 9.53 Å². The van der Waals surface area contributed by atoms with E-state index < -0.39 is 5.60 Å². The van der Waals surface area contributed by atoms with Crippen LogP contribution in [0.25, 0.3) is 0 Å². The summed E-state index contributed by atoms with van der Waals surface area (Å²) in [6, 6.07) is 3.20. The molecule has 126 valence electrons. The summed E-state index contributed by atoms with van der Waals surface area (Å²) in [4.78, 5) is 17.8. The smallest absolute Gasteiger partial charge is 0.410 e. The van der Waals surface area contributed by atoms with Crippen molar-refractivity contribution in [3.63, 3.8) is 0 Å². The van der Waals surface area contributed by atoms with E-state index in [4.69, 9.17) is 27.9 Å². The average Bonchev–Trinajstić information content (AvgIpc) is 2.43. The lowest BCUT2D eigenvalue weighted by atomic mass is 10.1. The number of carbonyl (C=O) groups is 1. The SMILES string of the molecule is CC(C)(C)OC(=O)N1CCC(=NNc2cc(Cl)cc(Cl)n2)CC1. The molecule has 0 unspecified atom stereocenters. The molecule has 0 saturated carbocycles. The minimum absolute atomic E-state index is 0.284. The van der Waals surface area contributed by atoms with E-state index in [1.165, 1.54) is 0 Å². The Hall–Kier alpha value is -1.53. The predicted octanol–water partition coefficient (Wildman–Crippen LogP) is 4.19. The first kappa shape index (κ1) is 17.8. The normalized spacial score (nSPS) is 15.3. The number of nitrogens with zero attached hydrogens (tertiary/aromatic N) is 3. The van der Waals surface area contributed by atoms with Crippen LogP contribution in [0, 0.1) is 0 Å². The summed E-state index contributed by atoms with van der Waals surface area (Å²) in [5.74, 6) is 0.490. The Morgan fingerprint density at radius 3 is 2.52 bits per heavy atom. The molecule has 2 heterocycles. The summed E-state index contributed by atoms with van der Waals surface area (Å²) < 4.78 is 5.36. The van der Waals surface area contributed by atoms with E-state index in [1.807, 2.05) is 20.8 Å². The maximum atomic E-state index is 12.0. The highest BCUT2D eigenvalue weighted by atomic mass is 35.5. The summed E-state index contributed by atoms with van der Waals surface area (Å²) >= 11 is 11.7. The van der Waals surface area contributed by atoms with Crippen molar-refractivity contribution in [2.45, 2.75) is 39.2 Å². The first-order valence-corrected chi connectivity index (χ1v) is 8.11. The van der Waals surface area contributed by atoms with Gasteiger partial charge >= 0.3 is 6.09 Å². The van der Waals surface area contributed by atoms with Gasteiger partial charge in [-0.05, 0) is 26.8 Å². The molecule has 0 aromatic carbocycles. The molecule has 0 radical (unpaired) electrons. The Morgan fingerprint density at radius 2 is 1.96 bits per heavy atom. The molecule has 0 bridgehead atoms. The van der Waals surface area contributed by atoms with Crippen molar-refractivity contribution in [2.75, 3.05) is 18.5 Å². The van der Waals surface area contributed by atoms with Crippen LogP contribution in [0.4, 0.5) is 10.6 Å². The molecule has 1 aromatic rings. The van der Waals surface area contributed by atoms with E-state index in [9.17, 15) is 4.79 Å². The fourth-order valence-electron chi connectivity index (χ4n) is 2.04. The van der Waals surface area contributed by atoms with Crippen LogP contribution >= 0.6 is 23.2 Å². The average molecular weight is 359 g/mol. The van der Waals surface area contributed by atoms with Crippen molar-refractivity contribution >= 4 is 40.8 Å². The monoisotopic (exact) mass is 358 g/mol. The lowest BCUT2D eigenvalue weighted by Gasteiger charge is -2.30. The number of carbonyl (C=O) groups excluding carboxylic acids is 1. The molecular formula is C15H20Cl2N4O2. The first-order chi connectivity index (χ1) is 10.7. The van der Waals surface area contributed by atoms with Gasteiger partial charge in [-0.1, -0.05) is 23.2 Å². The quantitative estimate of drug-likeness (QED) is 0.635. The van der Waals surface area contributed by atoms with Crippen LogP contribution in [-0.4, -0.2) is 40.4 Å². The number of pyridine rings is 1. The predicted molar refractivity (Wildman–Crippen MR) is 92.4 cm³/mol. The summed E-state index contributed by atoms with van der Waals surface area (Å²) in [5, 5.41) is 5.11. The molecule has 1 aromatic heterocycles. The van der Waals surface area contributed by atoms with Crippen molar-refractivity contribution in [2.24, 2.45) is 5.10 Å². The third-order valence-electron chi connectivity index (χ3n) is 3.08. The van der Waals surface area contributed by atoms with Crippen LogP contribution in [0.2, 0.25) is 10.2 Å². The molecule has 0 atom stereocenters. The maximum Gasteiger partial charge on any atom is 0.410 e. The number of hydrogen-bond acceptors (Lipinski definition) is 5. The molecule has 2 rings (SSSR count). The molecule has 1 saturated heterocycles. The fourth-order valence-corrected chi connectivity index (χ4v) is 2.52. The third kappa shape index (κ3) is 5.88. The number of hydrogen-bond donors (Lipinski definition) is 1. The van der Waals surface area contributed by atoms with Crippen molar-refractivity contribution in [3.05, 3.63) is 22.3 Å². The number of amides is 1. The van der Waals surface area contributed by atoms with Gasteiger partial charge in [-0.3, -0.25) is 5.43 Å². The lowest BCUT2D eigenvalue weighted by Crippen LogP contribution is -2.42. The summed E-state index contributed by atoms with van der Waals surface area (Å²) in [5.41, 5.74) is 3.33. The molecular weight excluding hydrogens is 339 g/mol. The van der Waals surface area contributed by atoms with Gasteiger partial charge in [0.1, 0.15) is 16.6 Å². The Labute approximate surface area is 145 Å². The van der Waals surface area contributed by atoms with Gasteiger partial charge in [0.25, 0.3) is 0 Å². The number of rotatable bonds is 2. The molecule has 0 aliphatic carbocycles. The van der Waals surface area contributed by atoms with Crippen LogP contribution in [0.3, 0.4) is 0 Å². The molecule has 0 spiro atoms. The fraction of sp³-hybridized carbons (Fsp3) is 0.533. The number of piperidine rings is 1. The summed E-state index contributed by atoms with van der Waals surface area (Å²) in [6.07, 6.45) is 1.08. The number of likely N-dealkylation sites (tertiary alicyclic amines) is 1. The summed E-state index contributed by atoms with van der Waals surface area (Å²) in [6.45, 7) is 6.73. The van der Waals surface area contributed by atoms with Crippen LogP contribution in [-0.2, 0) is 4.74 Å². The van der Waals surface area contributed by atoms with Gasteiger partial charge in [-0.2, -0.15) is 5.10 Å². The molecule has 6 nitrogen and oxygen atoms in total. The molecule has 23 heavy (non-hydrogen) atoms. The summed E-state index contributed by atoms with van der Waals surface area (Å²) in [7, 11) is 0. The van der Waals surface area contributed by atoms with E-state index in [1.54, 1.807) is 17.0 Å². The van der Waals surface area contributed by atoms with Crippen LogP contribution < -0.4 is 5.43 Å². The Kier molecular flexibility index (Phi) is 5.70. The number of aromatic nitrogens is 1. The van der Waals surface area contributed by atoms with Gasteiger partial charge in [0.15, 0.2) is 0 Å². The zero-order valence-electron chi connectivity index (χ0n) is 13.4. The van der Waals surface area contributed by atoms with Crippen molar-refractivity contribution in [3.8, 4) is 0 Å². The molecule has 1 amide bonds. The zero-order valence-corrected chi connectivity index (χ0v) is 14.9. The number of ether oxygens (including phenoxy) is 1. The first-order valence-electron chi connectivity index (χ1n) is 7.35. The molecule has 8 heteroatoms. The maximum absolute atomic E-state index is 12.0. The van der Waals surface area contributed by atoms with Gasteiger partial charge in [0.2, 0.25) is 0 Å². The number of nitrogens with one attached hydrogen (secondary N) is 1. The second kappa shape index (κ2) is 7.36. The second-order valence-electron chi connectivity index (χ2n) is 6.25. The van der Waals surface area contributed by atoms with Crippen LogP contribution in [0.5, 0.6) is 0 Å². The van der Waals surface area contributed by atoms with Crippen molar-refractivity contribution in [1.82, 2.24) is 9.88 Å². The van der Waals surface area contributed by atoms with E-state index in [0.29, 0.717) is 41.9 Å². The lowest BCUT2D eigenvalue weighted by molar-refractivity contribution is 0.0249. The minimum atomic E-state index is -0.482. The number of halogens is 2. The highest BCUT2D eigenvalue weighted by Gasteiger charge is 2.25. The van der Waals surface area contributed by atoms with E-state index >= 15 is 0 Å². The highest BCUT2D eigenvalue weighted by Crippen LogP contribution is 2.19. The minimum Gasteiger partial charge on any atom is -0.444 e. The largest absolute Gasteiger partial charge is 0.444 e. The highest BCUT2D eigenvalue weighted by molar-refractivity contribution is 6.34. The second-order valence-corrected chi connectivity index (χ2v) is 7.07. The molecule has 1 aliphatic rings. The standard InChI is InChI=1S/C15H20Cl2N4O2/c1-15(2,3)23-14(22)21-6-4-11(5-7-21)19-20-13-9-10(16)8-12(17)18-13/h8-9H,4-7H2,1-3H3,(H,18,20). The van der Waals surface area contributed by atoms with Gasteiger partial charge in [-0.15, -0.1) is 0 Å². The van der Waals surface area contributed by atoms with E-state index in [-0.39, 0.29) is 6.09 Å². The van der Waals surface area contributed by atoms with Gasteiger partial charge in [0, 0.05) is 42.7 Å². The van der Waals surface area contributed by atoms with Crippen molar-refractivity contribution in [1.29, 1.82) is 0 Å². The topological polar surface area (TPSA) is 66.8 Å². The van der Waals surface area contributed by atoms with E-state index in [2.05, 4.69) is 15.5 Å². The molecule has 1 fully saturated rings. The Morgan fingerprint density at radius 1 is 1.30 bits per heavy atom. The Balaban J connectivity index is 1.87. The van der Waals surface area contributed by atoms with Gasteiger partial charge < -0.3 is 9.64 Å². The Bertz CT molecular complexity index is 584. The number of hydrazone groups is 1. The molecule has 1 aliphatic heterocycles. The zero-order chi connectivity index (χ0) is 17.0. The third-order valence-corrected chi connectivity index (χ3v) is 3.49. The van der Waals surface area contributed by atoms with Gasteiger partial charge in [0.05, 0.1) is 0 Å². The number of anilines is 1.